The summed E-state index contributed by atoms with van der Waals surface area (Å²) < 4.78 is 5.93. The third-order valence-corrected chi connectivity index (χ3v) is 11.2. The molecule has 2 N–H and O–H groups in total. The zero-order chi connectivity index (χ0) is 25.8. The second kappa shape index (κ2) is 9.49. The van der Waals surface area contributed by atoms with Crippen LogP contribution in [0.5, 0.6) is 0 Å². The number of amides is 1. The van der Waals surface area contributed by atoms with E-state index in [4.69, 9.17) is 11.2 Å². The van der Waals surface area contributed by atoms with Gasteiger partial charge in [-0.1, -0.05) is 26.7 Å². The van der Waals surface area contributed by atoms with Gasteiger partial charge in [0.2, 0.25) is 5.91 Å². The second-order valence-corrected chi connectivity index (χ2v) is 13.2. The number of aliphatic hydroxyl groups is 1. The van der Waals surface area contributed by atoms with Crippen LogP contribution in [0.4, 0.5) is 0 Å². The van der Waals surface area contributed by atoms with E-state index in [-0.39, 0.29) is 40.4 Å². The maximum atomic E-state index is 14.2. The first kappa shape index (κ1) is 26.7. The highest BCUT2D eigenvalue weighted by molar-refractivity contribution is 5.89. The molecule has 10 atom stereocenters. The topological polar surface area (TPSA) is 75.6 Å². The number of ketones is 1. The number of Topliss-reactive ketones (excluding diaryl/α,β-unsaturated/α-hetero) is 1. The van der Waals surface area contributed by atoms with E-state index in [9.17, 15) is 14.7 Å². The first-order chi connectivity index (χ1) is 16.4. The highest BCUT2D eigenvalue weighted by Gasteiger charge is 2.70. The largest absolute Gasteiger partial charge is 0.393 e. The second-order valence-electron chi connectivity index (χ2n) is 13.2. The van der Waals surface area contributed by atoms with Gasteiger partial charge in [-0.3, -0.25) is 9.59 Å². The van der Waals surface area contributed by atoms with E-state index in [0.29, 0.717) is 30.6 Å². The van der Waals surface area contributed by atoms with Crippen molar-refractivity contribution >= 4 is 11.7 Å². The molecule has 0 aromatic heterocycles. The minimum absolute atomic E-state index is 0.0261. The molecule has 0 saturated heterocycles. The number of methoxy groups -OCH3 is 1. The summed E-state index contributed by atoms with van der Waals surface area (Å²) in [7, 11) is 1.62. The lowest BCUT2D eigenvalue weighted by Crippen LogP contribution is -2.68. The molecule has 0 aliphatic heterocycles. The van der Waals surface area contributed by atoms with Gasteiger partial charge in [0.1, 0.15) is 6.10 Å². The van der Waals surface area contributed by atoms with Gasteiger partial charge < -0.3 is 15.2 Å². The number of aliphatic hydroxyl groups excluding tert-OH is 1. The van der Waals surface area contributed by atoms with Gasteiger partial charge in [-0.15, -0.1) is 6.42 Å². The molecule has 4 aliphatic carbocycles. The lowest BCUT2D eigenvalue weighted by Gasteiger charge is -2.65. The first-order valence-electron chi connectivity index (χ1n) is 14.0. The van der Waals surface area contributed by atoms with Crippen molar-refractivity contribution in [2.24, 2.45) is 45.8 Å². The molecule has 0 bridgehead atoms. The minimum Gasteiger partial charge on any atom is -0.393 e. The molecule has 4 aliphatic rings. The predicted molar refractivity (Wildman–Crippen MR) is 137 cm³/mol. The Kier molecular flexibility index (Phi) is 7.23. The first-order valence-corrected chi connectivity index (χ1v) is 14.0. The molecular weight excluding hydrogens is 438 g/mol. The summed E-state index contributed by atoms with van der Waals surface area (Å²) >= 11 is 0. The van der Waals surface area contributed by atoms with E-state index in [2.05, 4.69) is 32.0 Å². The maximum Gasteiger partial charge on any atom is 0.220 e. The summed E-state index contributed by atoms with van der Waals surface area (Å²) in [5.74, 6) is 4.89. The number of fused-ring (bicyclic) bond motifs is 5. The third-order valence-electron chi connectivity index (χ3n) is 11.2. The van der Waals surface area contributed by atoms with Crippen molar-refractivity contribution in [3.8, 4) is 12.3 Å². The Morgan fingerprint density at radius 1 is 1.17 bits per heavy atom. The predicted octanol–water partition coefficient (Wildman–Crippen LogP) is 4.75. The van der Waals surface area contributed by atoms with Crippen molar-refractivity contribution < 1.29 is 19.4 Å². The quantitative estimate of drug-likeness (QED) is 0.532. The number of hydrogen-bond donors (Lipinski definition) is 2. The number of nitrogens with one attached hydrogen (secondary N) is 1. The average molecular weight is 486 g/mol. The number of rotatable bonds is 6. The number of carbonyl (C=O) groups is 2. The van der Waals surface area contributed by atoms with E-state index in [1.807, 2.05) is 13.8 Å². The molecule has 0 unspecified atom stereocenters. The zero-order valence-corrected chi connectivity index (χ0v) is 22.7. The molecule has 196 valence electrons. The molecule has 35 heavy (non-hydrogen) atoms. The molecular formula is C30H47NO4. The Hall–Kier alpha value is -1.38. The van der Waals surface area contributed by atoms with Crippen LogP contribution in [0.15, 0.2) is 0 Å². The molecule has 0 spiro atoms. The van der Waals surface area contributed by atoms with Crippen LogP contribution in [0.25, 0.3) is 0 Å². The summed E-state index contributed by atoms with van der Waals surface area (Å²) in [5, 5.41) is 13.6. The Labute approximate surface area is 212 Å². The van der Waals surface area contributed by atoms with E-state index >= 15 is 0 Å². The summed E-state index contributed by atoms with van der Waals surface area (Å²) in [6.45, 7) is 11.0. The summed E-state index contributed by atoms with van der Waals surface area (Å²) in [4.78, 5) is 26.5. The Balaban J connectivity index is 1.60. The van der Waals surface area contributed by atoms with Crippen molar-refractivity contribution in [2.75, 3.05) is 7.11 Å². The van der Waals surface area contributed by atoms with Crippen LogP contribution in [0.1, 0.15) is 92.4 Å². The van der Waals surface area contributed by atoms with Crippen LogP contribution < -0.4 is 5.32 Å². The fraction of sp³-hybridized carbons (Fsp3) is 0.867. The van der Waals surface area contributed by atoms with Crippen molar-refractivity contribution in [1.29, 1.82) is 0 Å². The molecule has 0 aromatic rings. The van der Waals surface area contributed by atoms with E-state index in [1.165, 1.54) is 0 Å². The van der Waals surface area contributed by atoms with Gasteiger partial charge in [0.15, 0.2) is 5.78 Å². The van der Waals surface area contributed by atoms with Crippen LogP contribution in [0, 0.1) is 58.2 Å². The van der Waals surface area contributed by atoms with Crippen LogP contribution in [0.3, 0.4) is 0 Å². The summed E-state index contributed by atoms with van der Waals surface area (Å²) in [6, 6.07) is 0.171. The highest BCUT2D eigenvalue weighted by atomic mass is 16.5. The molecule has 5 nitrogen and oxygen atoms in total. The van der Waals surface area contributed by atoms with Crippen molar-refractivity contribution in [3.63, 3.8) is 0 Å². The van der Waals surface area contributed by atoms with E-state index in [1.54, 1.807) is 7.11 Å². The third kappa shape index (κ3) is 3.98. The number of terminal acetylenes is 1. The van der Waals surface area contributed by atoms with Gasteiger partial charge in [0.05, 0.1) is 11.5 Å². The fourth-order valence-electron chi connectivity index (χ4n) is 9.53. The van der Waals surface area contributed by atoms with Gasteiger partial charge in [-0.2, -0.15) is 0 Å². The number of carbonyl (C=O) groups excluding carboxylic acids is 2. The monoisotopic (exact) mass is 485 g/mol. The van der Waals surface area contributed by atoms with Crippen LogP contribution in [0.2, 0.25) is 0 Å². The molecule has 4 fully saturated rings. The maximum absolute atomic E-state index is 14.2. The molecule has 0 radical (unpaired) electrons. The fourth-order valence-corrected chi connectivity index (χ4v) is 9.53. The molecule has 5 heteroatoms. The molecule has 1 amide bonds. The van der Waals surface area contributed by atoms with E-state index < -0.39 is 17.6 Å². The molecule has 0 aromatic carbocycles. The van der Waals surface area contributed by atoms with Gasteiger partial charge in [0.25, 0.3) is 0 Å². The minimum atomic E-state index is -0.736. The Morgan fingerprint density at radius 2 is 1.89 bits per heavy atom. The van der Waals surface area contributed by atoms with Crippen LogP contribution in [-0.2, 0) is 14.3 Å². The van der Waals surface area contributed by atoms with Crippen LogP contribution >= 0.6 is 0 Å². The highest BCUT2D eigenvalue weighted by Crippen LogP contribution is 2.70. The number of hydrogen-bond acceptors (Lipinski definition) is 4. The van der Waals surface area contributed by atoms with E-state index in [0.717, 1.165) is 44.9 Å². The van der Waals surface area contributed by atoms with Crippen molar-refractivity contribution in [1.82, 2.24) is 5.32 Å². The lowest BCUT2D eigenvalue weighted by atomic mass is 9.38. The van der Waals surface area contributed by atoms with Gasteiger partial charge in [-0.25, -0.2) is 0 Å². The smallest absolute Gasteiger partial charge is 0.220 e. The summed E-state index contributed by atoms with van der Waals surface area (Å²) in [5.41, 5.74) is -0.843. The van der Waals surface area contributed by atoms with Gasteiger partial charge in [-0.05, 0) is 99.7 Å². The average Bonchev–Trinajstić information content (AvgIpc) is 3.15. The zero-order valence-electron chi connectivity index (χ0n) is 22.7. The van der Waals surface area contributed by atoms with Gasteiger partial charge in [0, 0.05) is 25.5 Å². The molecule has 4 saturated carbocycles. The SMILES string of the molecule is C#C[C@]12C[C@@H](O)CC[C@@]1(C)[C@@H]1CC[C@]3(C)[C@H](CC[C@H]3[C@@H](C)CCC(=O)NC(C)C)[C@H]1C(=O)[C@H]2OC. The molecule has 4 rings (SSSR count). The Morgan fingerprint density at radius 3 is 2.51 bits per heavy atom. The standard InChI is InChI=1S/C30H47NO4/c1-8-30-17-20(32)13-16-29(30,6)23-14-15-28(5)21(19(4)9-12-24(33)31-18(2)3)10-11-22(28)25(23)26(34)27(30)35-7/h1,18-23,25,27,32H,9-17H2,2-7H3,(H,31,33)/t19-,20-,21-,22+,23+,25+,27+,28-,29-,30+/m0/s1. The van der Waals surface area contributed by atoms with Crippen molar-refractivity contribution in [2.45, 2.75) is 111 Å². The van der Waals surface area contributed by atoms with Crippen LogP contribution in [-0.4, -0.2) is 42.2 Å². The lowest BCUT2D eigenvalue weighted by molar-refractivity contribution is -0.206. The molecule has 0 heterocycles. The summed E-state index contributed by atoms with van der Waals surface area (Å²) in [6.07, 6.45) is 12.9. The number of ether oxygens (including phenoxy) is 1. The van der Waals surface area contributed by atoms with Crippen molar-refractivity contribution in [3.05, 3.63) is 0 Å². The Bertz CT molecular complexity index is 878. The van der Waals surface area contributed by atoms with Gasteiger partial charge >= 0.3 is 0 Å². The normalized spacial score (nSPS) is 45.7.